The highest BCUT2D eigenvalue weighted by Crippen LogP contribution is 2.29. The Bertz CT molecular complexity index is 1290. The molecule has 1 amide bonds. The van der Waals surface area contributed by atoms with Crippen molar-refractivity contribution in [1.29, 1.82) is 0 Å². The molecule has 0 radical (unpaired) electrons. The summed E-state index contributed by atoms with van der Waals surface area (Å²) in [6.45, 7) is 1.56. The lowest BCUT2D eigenvalue weighted by Gasteiger charge is -2.08. The number of rotatable bonds is 6. The Kier molecular flexibility index (Phi) is 5.86. The number of nitrogens with one attached hydrogen (secondary N) is 1. The second kappa shape index (κ2) is 8.72. The number of hydrogen-bond acceptors (Lipinski definition) is 7. The predicted octanol–water partition coefficient (Wildman–Crippen LogP) is 3.63. The molecule has 4 rings (SSSR count). The fraction of sp³-hybridized carbons (Fsp3) is 0.150. The van der Waals surface area contributed by atoms with E-state index in [2.05, 4.69) is 20.6 Å². The van der Waals surface area contributed by atoms with E-state index in [-0.39, 0.29) is 17.9 Å². The number of fused-ring (bicyclic) bond motifs is 1. The molecule has 0 saturated carbocycles. The van der Waals surface area contributed by atoms with Gasteiger partial charge in [0, 0.05) is 11.1 Å². The largest absolute Gasteiger partial charge is 0.299 e. The summed E-state index contributed by atoms with van der Waals surface area (Å²) in [7, 11) is 0. The number of anilines is 1. The van der Waals surface area contributed by atoms with E-state index in [1.54, 1.807) is 37.3 Å². The van der Waals surface area contributed by atoms with Crippen molar-refractivity contribution >= 4 is 44.9 Å². The highest BCUT2D eigenvalue weighted by atomic mass is 32.2. The molecule has 2 aromatic heterocycles. The van der Waals surface area contributed by atoms with Gasteiger partial charge >= 0.3 is 0 Å². The van der Waals surface area contributed by atoms with Gasteiger partial charge in [-0.05, 0) is 24.6 Å². The van der Waals surface area contributed by atoms with Crippen molar-refractivity contribution in [3.63, 3.8) is 0 Å². The zero-order chi connectivity index (χ0) is 21.1. The van der Waals surface area contributed by atoms with Crippen LogP contribution in [0.3, 0.4) is 0 Å². The summed E-state index contributed by atoms with van der Waals surface area (Å²) < 4.78 is 15.4. The molecule has 2 heterocycles. The molecule has 0 saturated heterocycles. The number of hydrogen-bond donors (Lipinski definition) is 1. The van der Waals surface area contributed by atoms with Crippen LogP contribution in [0.5, 0.6) is 0 Å². The zero-order valence-corrected chi connectivity index (χ0v) is 17.5. The standard InChI is InChI=1S/C20H16FN5O2S2/c1-12-14-7-3-4-8-15(14)18(28)26(25-12)10-17(27)22-19-23-24-20(30-19)29-11-13-6-2-5-9-16(13)21/h2-9H,10-11H2,1H3,(H,22,23,27). The molecular formula is C20H16FN5O2S2. The Hall–Kier alpha value is -3.11. The van der Waals surface area contributed by atoms with Crippen molar-refractivity contribution in [1.82, 2.24) is 20.0 Å². The van der Waals surface area contributed by atoms with E-state index in [1.165, 1.54) is 29.2 Å². The quantitative estimate of drug-likeness (QED) is 0.363. The molecule has 0 unspecified atom stereocenters. The SMILES string of the molecule is Cc1nn(CC(=O)Nc2nnc(SCc3ccccc3F)s2)c(=O)c2ccccc12. The predicted molar refractivity (Wildman–Crippen MR) is 115 cm³/mol. The second-order valence-corrected chi connectivity index (χ2v) is 8.60. The molecule has 0 aliphatic heterocycles. The first kappa shape index (κ1) is 20.2. The minimum Gasteiger partial charge on any atom is -0.299 e. The van der Waals surface area contributed by atoms with Crippen molar-refractivity contribution < 1.29 is 9.18 Å². The van der Waals surface area contributed by atoms with Gasteiger partial charge in [-0.3, -0.25) is 14.9 Å². The van der Waals surface area contributed by atoms with Crippen LogP contribution in [-0.2, 0) is 17.1 Å². The lowest BCUT2D eigenvalue weighted by atomic mass is 10.1. The van der Waals surface area contributed by atoms with Crippen LogP contribution < -0.4 is 10.9 Å². The van der Waals surface area contributed by atoms with Crippen LogP contribution in [0.4, 0.5) is 9.52 Å². The minimum absolute atomic E-state index is 0.234. The van der Waals surface area contributed by atoms with E-state index in [4.69, 9.17) is 0 Å². The van der Waals surface area contributed by atoms with Gasteiger partial charge in [0.1, 0.15) is 12.4 Å². The summed E-state index contributed by atoms with van der Waals surface area (Å²) in [5.74, 6) is -0.293. The molecule has 7 nitrogen and oxygen atoms in total. The molecule has 0 aliphatic carbocycles. The van der Waals surface area contributed by atoms with Gasteiger partial charge in [0.05, 0.1) is 11.1 Å². The van der Waals surface area contributed by atoms with Gasteiger partial charge in [-0.15, -0.1) is 10.2 Å². The number of aromatic nitrogens is 4. The van der Waals surface area contributed by atoms with Crippen molar-refractivity contribution in [3.8, 4) is 0 Å². The molecular weight excluding hydrogens is 425 g/mol. The maximum absolute atomic E-state index is 13.7. The summed E-state index contributed by atoms with van der Waals surface area (Å²) in [5.41, 5.74) is 0.908. The zero-order valence-electron chi connectivity index (χ0n) is 15.8. The van der Waals surface area contributed by atoms with Gasteiger partial charge in [0.25, 0.3) is 5.56 Å². The third-order valence-electron chi connectivity index (χ3n) is 4.31. The molecule has 10 heteroatoms. The van der Waals surface area contributed by atoms with Crippen molar-refractivity contribution in [2.24, 2.45) is 0 Å². The topological polar surface area (TPSA) is 89.8 Å². The van der Waals surface area contributed by atoms with Gasteiger partial charge in [0.2, 0.25) is 11.0 Å². The fourth-order valence-corrected chi connectivity index (χ4v) is 4.63. The molecule has 0 bridgehead atoms. The van der Waals surface area contributed by atoms with Crippen LogP contribution in [0.1, 0.15) is 11.3 Å². The fourth-order valence-electron chi connectivity index (χ4n) is 2.88. The van der Waals surface area contributed by atoms with Crippen LogP contribution in [0.15, 0.2) is 57.7 Å². The van der Waals surface area contributed by atoms with E-state index in [1.807, 2.05) is 12.1 Å². The number of carbonyl (C=O) groups is 1. The average Bonchev–Trinajstić information content (AvgIpc) is 3.18. The third-order valence-corrected chi connectivity index (χ3v) is 6.33. The monoisotopic (exact) mass is 441 g/mol. The van der Waals surface area contributed by atoms with E-state index >= 15 is 0 Å². The first-order valence-corrected chi connectivity index (χ1v) is 10.8. The summed E-state index contributed by atoms with van der Waals surface area (Å²) in [5, 5.41) is 16.4. The molecule has 0 spiro atoms. The van der Waals surface area contributed by atoms with Crippen LogP contribution >= 0.6 is 23.1 Å². The Morgan fingerprint density at radius 3 is 2.67 bits per heavy atom. The van der Waals surface area contributed by atoms with Crippen LogP contribution in [0.2, 0.25) is 0 Å². The highest BCUT2D eigenvalue weighted by molar-refractivity contribution is 8.00. The number of nitrogens with zero attached hydrogens (tertiary/aromatic N) is 4. The number of thioether (sulfide) groups is 1. The van der Waals surface area contributed by atoms with E-state index in [9.17, 15) is 14.0 Å². The van der Waals surface area contributed by atoms with Gasteiger partial charge in [-0.1, -0.05) is 59.5 Å². The Balaban J connectivity index is 1.42. The normalized spacial score (nSPS) is 11.0. The van der Waals surface area contributed by atoms with Gasteiger partial charge in [-0.2, -0.15) is 5.10 Å². The molecule has 1 N–H and O–H groups in total. The van der Waals surface area contributed by atoms with Crippen LogP contribution in [0.25, 0.3) is 10.8 Å². The van der Waals surface area contributed by atoms with Crippen molar-refractivity contribution in [2.75, 3.05) is 5.32 Å². The van der Waals surface area contributed by atoms with Crippen molar-refractivity contribution in [3.05, 3.63) is 76.0 Å². The maximum Gasteiger partial charge on any atom is 0.275 e. The molecule has 2 aromatic carbocycles. The number of benzene rings is 2. The number of aryl methyl sites for hydroxylation is 1. The first-order valence-electron chi connectivity index (χ1n) is 8.97. The van der Waals surface area contributed by atoms with E-state index in [0.717, 1.165) is 10.1 Å². The molecule has 0 atom stereocenters. The average molecular weight is 442 g/mol. The molecule has 152 valence electrons. The summed E-state index contributed by atoms with van der Waals surface area (Å²) >= 11 is 2.52. The Morgan fingerprint density at radius 2 is 1.87 bits per heavy atom. The van der Waals surface area contributed by atoms with Gasteiger partial charge in [-0.25, -0.2) is 9.07 Å². The van der Waals surface area contributed by atoms with Crippen LogP contribution in [0, 0.1) is 12.7 Å². The summed E-state index contributed by atoms with van der Waals surface area (Å²) in [6.07, 6.45) is 0. The van der Waals surface area contributed by atoms with Gasteiger partial charge < -0.3 is 0 Å². The third kappa shape index (κ3) is 4.39. The highest BCUT2D eigenvalue weighted by Gasteiger charge is 2.13. The number of halogens is 1. The van der Waals surface area contributed by atoms with Gasteiger partial charge in [0.15, 0.2) is 4.34 Å². The van der Waals surface area contributed by atoms with Crippen LogP contribution in [-0.4, -0.2) is 25.9 Å². The molecule has 4 aromatic rings. The Morgan fingerprint density at radius 1 is 1.13 bits per heavy atom. The first-order chi connectivity index (χ1) is 14.5. The number of amides is 1. The van der Waals surface area contributed by atoms with E-state index in [0.29, 0.717) is 31.9 Å². The Labute approximate surface area is 179 Å². The lowest BCUT2D eigenvalue weighted by Crippen LogP contribution is -2.30. The minimum atomic E-state index is -0.430. The molecule has 30 heavy (non-hydrogen) atoms. The molecule has 0 fully saturated rings. The van der Waals surface area contributed by atoms with E-state index < -0.39 is 5.91 Å². The number of carbonyl (C=O) groups excluding carboxylic acids is 1. The summed E-state index contributed by atoms with van der Waals surface area (Å²) in [6, 6.07) is 13.7. The molecule has 0 aliphatic rings. The van der Waals surface area contributed by atoms with Crippen molar-refractivity contribution in [2.45, 2.75) is 23.6 Å². The smallest absolute Gasteiger partial charge is 0.275 e. The summed E-state index contributed by atoms with van der Waals surface area (Å²) in [4.78, 5) is 25.0. The lowest BCUT2D eigenvalue weighted by molar-refractivity contribution is -0.117. The second-order valence-electron chi connectivity index (χ2n) is 6.40. The maximum atomic E-state index is 13.7.